The molecule has 33 heteroatoms. The predicted molar refractivity (Wildman–Crippen MR) is 481 cm³/mol. The number of likely N-dealkylation sites (N-methyl/N-ethyl adjacent to an activating group) is 1. The number of H-pyrrole nitrogens is 1. The van der Waals surface area contributed by atoms with Crippen LogP contribution in [-0.2, 0) is 64.0 Å². The minimum absolute atomic E-state index is 0.00395. The number of benzene rings is 1. The number of fused-ring (bicyclic) bond motifs is 1. The highest BCUT2D eigenvalue weighted by Gasteiger charge is 2.44. The molecule has 12 amide bonds. The topological polar surface area (TPSA) is 542 Å². The number of aromatic amines is 1. The van der Waals surface area contributed by atoms with E-state index >= 15 is 19.2 Å². The fourth-order valence-corrected chi connectivity index (χ4v) is 16.1. The van der Waals surface area contributed by atoms with Gasteiger partial charge in [0.15, 0.2) is 11.9 Å². The molecule has 0 radical (unpaired) electrons. The van der Waals surface area contributed by atoms with Gasteiger partial charge >= 0.3 is 0 Å². The first-order valence-electron chi connectivity index (χ1n) is 46.5. The summed E-state index contributed by atoms with van der Waals surface area (Å²) >= 11 is 0. The van der Waals surface area contributed by atoms with Gasteiger partial charge in [0, 0.05) is 82.6 Å². The Hall–Kier alpha value is -9.14. The number of para-hydroxylation sites is 1. The van der Waals surface area contributed by atoms with Crippen molar-refractivity contribution in [1.82, 2.24) is 62.6 Å². The van der Waals surface area contributed by atoms with Crippen molar-refractivity contribution in [3.8, 4) is 0 Å². The molecule has 9 atom stereocenters. The van der Waals surface area contributed by atoms with Crippen molar-refractivity contribution in [2.75, 3.05) is 52.9 Å². The maximum absolute atomic E-state index is 15.2. The standard InChI is InChI=1S/C89H157N21O12/c1-4-6-8-10-12-14-16-18-20-22-24-26-28-51-77(112)98-57-37-34-46-67(102-78(113)52-29-27-25-23-21-19-17-15-13-11-9-7-5-2)79(114)103-68(44-32-35-55-90)80(115)105-70(47-38-58-99-88(93)94)82(117)104-69(45-33-36-56-91)81(116)106-71(48-39-59-100-89(95)96)83(118)108-73(62-64-63-101-66-43-31-30-42-65(64)66)84(119)107-72(53-54-76(92)111)86(121)110-61-41-50-75(110)87(122)109-60-40-49-74(109)85(120)97-3/h30-31,42-43,63,67-75,101H,4-29,32-41,44-62,90-91H2,1-3H3,(H2,92,111)(H,97,120)(H,98,112)(H,102,113)(H,103,114)(H,104,117)(H,105,115)(H,106,116)(H,107,119)(H,108,118)(H4,93,94,99)(H4,95,96,100). The summed E-state index contributed by atoms with van der Waals surface area (Å²) in [6.07, 6.45) is 36.4. The van der Waals surface area contributed by atoms with Crippen molar-refractivity contribution in [3.63, 3.8) is 0 Å². The van der Waals surface area contributed by atoms with E-state index in [9.17, 15) is 38.4 Å². The minimum atomic E-state index is -1.50. The molecule has 9 unspecified atom stereocenters. The van der Waals surface area contributed by atoms with Crippen molar-refractivity contribution in [2.45, 2.75) is 376 Å². The molecule has 3 heterocycles. The van der Waals surface area contributed by atoms with Crippen LogP contribution in [0.4, 0.5) is 0 Å². The maximum Gasteiger partial charge on any atom is 0.246 e. The number of hydrogen-bond donors (Lipinski definition) is 17. The smallest absolute Gasteiger partial charge is 0.246 e. The number of primary amides is 1. The molecule has 0 bridgehead atoms. The fourth-order valence-electron chi connectivity index (χ4n) is 16.1. The molecule has 2 fully saturated rings. The first-order chi connectivity index (χ1) is 59.0. The molecule has 0 spiro atoms. The van der Waals surface area contributed by atoms with Gasteiger partial charge in [-0.25, -0.2) is 0 Å². The SMILES string of the molecule is CCCCCCCCCCCCCCCC(=O)NCCCCC(NC(=O)CCCCCCCCCCCCCCC)C(=O)NC(CCCCN)C(=O)NC(CCCN=C(N)N)C(=O)NC(CCCCN)C(=O)NC(CCCN=C(N)N)C(=O)NC(Cc1c[nH]c2ccccc12)C(=O)NC(CCC(N)=O)C(=O)N1CCCC1C(=O)N1CCCC1C(=O)NC. The lowest BCUT2D eigenvalue weighted by molar-refractivity contribution is -0.148. The van der Waals surface area contributed by atoms with E-state index in [0.29, 0.717) is 100 Å². The average Bonchev–Trinajstić information content (AvgIpc) is 1.64. The first kappa shape index (κ1) is 105. The van der Waals surface area contributed by atoms with Crippen molar-refractivity contribution >= 4 is 93.7 Å². The van der Waals surface area contributed by atoms with Gasteiger partial charge in [0.05, 0.1) is 0 Å². The van der Waals surface area contributed by atoms with E-state index in [0.717, 1.165) is 44.9 Å². The van der Waals surface area contributed by atoms with Crippen molar-refractivity contribution in [2.24, 2.45) is 50.1 Å². The quantitative estimate of drug-likeness (QED) is 0.0186. The summed E-state index contributed by atoms with van der Waals surface area (Å²) in [7, 11) is 1.48. The molecule has 2 aliphatic rings. The lowest BCUT2D eigenvalue weighted by Gasteiger charge is -2.33. The van der Waals surface area contributed by atoms with E-state index in [1.165, 1.54) is 132 Å². The molecule has 1 aromatic heterocycles. The molecular formula is C89H157N21O12. The Morgan fingerprint density at radius 2 is 0.803 bits per heavy atom. The Morgan fingerprint density at radius 1 is 0.418 bits per heavy atom. The highest BCUT2D eigenvalue weighted by atomic mass is 16.2. The Morgan fingerprint density at radius 3 is 1.25 bits per heavy atom. The molecule has 4 rings (SSSR count). The Kier molecular flexibility index (Phi) is 55.0. The second kappa shape index (κ2) is 63.7. The number of rotatable bonds is 70. The maximum atomic E-state index is 15.2. The highest BCUT2D eigenvalue weighted by molar-refractivity contribution is 5.99. The van der Waals surface area contributed by atoms with E-state index in [2.05, 4.69) is 76.7 Å². The number of aromatic nitrogens is 1. The molecule has 0 aliphatic carbocycles. The summed E-state index contributed by atoms with van der Waals surface area (Å²) in [6.45, 7) is 5.78. The van der Waals surface area contributed by atoms with Crippen LogP contribution in [0.5, 0.6) is 0 Å². The third kappa shape index (κ3) is 43.3. The van der Waals surface area contributed by atoms with Crippen LogP contribution in [-0.4, -0.2) is 205 Å². The molecule has 2 saturated heterocycles. The number of nitrogens with zero attached hydrogens (tertiary/aromatic N) is 4. The second-order valence-corrected chi connectivity index (χ2v) is 33.3. The minimum Gasteiger partial charge on any atom is -0.370 e. The van der Waals surface area contributed by atoms with E-state index in [-0.39, 0.29) is 139 Å². The highest BCUT2D eigenvalue weighted by Crippen LogP contribution is 2.28. The molecule has 122 heavy (non-hydrogen) atoms. The van der Waals surface area contributed by atoms with E-state index in [4.69, 9.17) is 40.1 Å². The van der Waals surface area contributed by atoms with Crippen molar-refractivity contribution in [3.05, 3.63) is 36.0 Å². The van der Waals surface area contributed by atoms with Crippen LogP contribution in [0, 0.1) is 0 Å². The van der Waals surface area contributed by atoms with Crippen LogP contribution in [0.15, 0.2) is 40.4 Å². The molecule has 2 aromatic rings. The van der Waals surface area contributed by atoms with Gasteiger partial charge in [-0.1, -0.05) is 186 Å². The van der Waals surface area contributed by atoms with Crippen LogP contribution in [0.2, 0.25) is 0 Å². The van der Waals surface area contributed by atoms with Gasteiger partial charge in [0.2, 0.25) is 70.9 Å². The summed E-state index contributed by atoms with van der Waals surface area (Å²) in [4.78, 5) is 186. The zero-order valence-electron chi connectivity index (χ0n) is 74.2. The predicted octanol–water partition coefficient (Wildman–Crippen LogP) is 6.71. The number of aliphatic imine (C=N–C) groups is 2. The van der Waals surface area contributed by atoms with E-state index in [1.54, 1.807) is 12.3 Å². The van der Waals surface area contributed by atoms with Crippen LogP contribution in [0.25, 0.3) is 10.9 Å². The normalized spacial score (nSPS) is 15.5. The Bertz CT molecular complexity index is 3480. The van der Waals surface area contributed by atoms with Gasteiger partial charge in [0.25, 0.3) is 0 Å². The zero-order chi connectivity index (χ0) is 89.1. The summed E-state index contributed by atoms with van der Waals surface area (Å²) in [5.74, 6) is -7.80. The molecule has 0 saturated carbocycles. The van der Waals surface area contributed by atoms with Gasteiger partial charge in [-0.15, -0.1) is 0 Å². The van der Waals surface area contributed by atoms with E-state index in [1.807, 2.05) is 18.2 Å². The number of nitrogens with two attached hydrogens (primary N) is 7. The van der Waals surface area contributed by atoms with Gasteiger partial charge in [0.1, 0.15) is 54.4 Å². The molecule has 690 valence electrons. The average molecular weight is 1710 g/mol. The number of unbranched alkanes of at least 4 members (excludes halogenated alkanes) is 27. The Balaban J connectivity index is 1.60. The number of hydrogen-bond acceptors (Lipinski definition) is 16. The van der Waals surface area contributed by atoms with Crippen molar-refractivity contribution in [1.29, 1.82) is 0 Å². The number of likely N-dealkylation sites (tertiary alicyclic amines) is 2. The Labute approximate surface area is 725 Å². The van der Waals surface area contributed by atoms with Crippen LogP contribution in [0.1, 0.15) is 321 Å². The number of amides is 12. The number of nitrogens with one attached hydrogen (secondary N) is 10. The van der Waals surface area contributed by atoms with Crippen LogP contribution < -0.4 is 88.0 Å². The van der Waals surface area contributed by atoms with Gasteiger partial charge < -0.3 is 103 Å². The lowest BCUT2D eigenvalue weighted by atomic mass is 10.0. The largest absolute Gasteiger partial charge is 0.370 e. The summed E-state index contributed by atoms with van der Waals surface area (Å²) in [6, 6.07) is -4.00. The summed E-state index contributed by atoms with van der Waals surface area (Å²) < 4.78 is 0. The second-order valence-electron chi connectivity index (χ2n) is 33.3. The fraction of sp³-hybridized carbons (Fsp3) is 0.753. The molecular weight excluding hydrogens is 1560 g/mol. The third-order valence-corrected chi connectivity index (χ3v) is 23.2. The molecule has 2 aliphatic heterocycles. The molecule has 1 aromatic carbocycles. The number of carbonyl (C=O) groups excluding carboxylic acids is 12. The number of guanidine groups is 2. The lowest BCUT2D eigenvalue weighted by Crippen LogP contribution is -2.60. The first-order valence-corrected chi connectivity index (χ1v) is 46.5. The van der Waals surface area contributed by atoms with Gasteiger partial charge in [-0.05, 0) is 153 Å². The number of carbonyl (C=O) groups is 12. The van der Waals surface area contributed by atoms with Crippen molar-refractivity contribution < 1.29 is 57.5 Å². The van der Waals surface area contributed by atoms with Crippen LogP contribution in [0.3, 0.4) is 0 Å². The van der Waals surface area contributed by atoms with Gasteiger partial charge in [-0.3, -0.25) is 67.5 Å². The van der Waals surface area contributed by atoms with Crippen LogP contribution >= 0.6 is 0 Å². The molecule has 24 N–H and O–H groups in total. The zero-order valence-corrected chi connectivity index (χ0v) is 74.2. The monoisotopic (exact) mass is 1710 g/mol. The van der Waals surface area contributed by atoms with E-state index < -0.39 is 108 Å². The molecule has 33 nitrogen and oxygen atoms in total. The third-order valence-electron chi connectivity index (χ3n) is 23.2. The summed E-state index contributed by atoms with van der Waals surface area (Å²) in [5.41, 5.74) is 41.8. The van der Waals surface area contributed by atoms with Gasteiger partial charge in [-0.2, -0.15) is 0 Å². The summed E-state index contributed by atoms with van der Waals surface area (Å²) in [5, 5.41) is 26.3.